The second-order valence-corrected chi connectivity index (χ2v) is 6.67. The predicted octanol–water partition coefficient (Wildman–Crippen LogP) is 2.86. The molecule has 1 aromatic heterocycles. The number of nitrogen functional groups attached to an aromatic ring is 1. The van der Waals surface area contributed by atoms with E-state index in [-0.39, 0.29) is 18.3 Å². The van der Waals surface area contributed by atoms with Crippen LogP contribution in [0.3, 0.4) is 0 Å². The van der Waals surface area contributed by atoms with E-state index in [1.165, 1.54) is 28.4 Å². The molecule has 0 unspecified atom stereocenters. The van der Waals surface area contributed by atoms with Crippen LogP contribution in [0.1, 0.15) is 30.4 Å². The molecule has 0 bridgehead atoms. The first kappa shape index (κ1) is 15.7. The van der Waals surface area contributed by atoms with E-state index < -0.39 is 5.60 Å². The van der Waals surface area contributed by atoms with Crippen LogP contribution in [0.2, 0.25) is 0 Å². The third-order valence-electron chi connectivity index (χ3n) is 3.13. The molecule has 1 heterocycles. The highest BCUT2D eigenvalue weighted by molar-refractivity contribution is 7.21. The average molecular weight is 310 g/mol. The Hall–Kier alpha value is -1.66. The summed E-state index contributed by atoms with van der Waals surface area (Å²) < 4.78 is 14.1. The second-order valence-electron chi connectivity index (χ2n) is 5.62. The van der Waals surface area contributed by atoms with Gasteiger partial charge in [-0.25, -0.2) is 4.39 Å². The summed E-state index contributed by atoms with van der Waals surface area (Å²) in [7, 11) is 0. The lowest BCUT2D eigenvalue weighted by molar-refractivity contribution is 0.0318. The molecular weight excluding hydrogens is 291 g/mol. The van der Waals surface area contributed by atoms with Crippen molar-refractivity contribution in [2.75, 3.05) is 18.8 Å². The van der Waals surface area contributed by atoms with Crippen molar-refractivity contribution in [2.45, 2.75) is 26.4 Å². The van der Waals surface area contributed by atoms with E-state index in [1.54, 1.807) is 19.9 Å². The van der Waals surface area contributed by atoms with Crippen LogP contribution in [0.5, 0.6) is 0 Å². The summed E-state index contributed by atoms with van der Waals surface area (Å²) in [5, 5.41) is 10.4. The Bertz CT molecular complexity index is 676. The van der Waals surface area contributed by atoms with E-state index >= 15 is 0 Å². The number of nitrogens with two attached hydrogens (primary N) is 1. The largest absolute Gasteiger partial charge is 0.397 e. The number of halogens is 1. The fourth-order valence-corrected chi connectivity index (χ4v) is 3.26. The van der Waals surface area contributed by atoms with Crippen molar-refractivity contribution < 1.29 is 14.3 Å². The number of carbonyl (C=O) groups is 1. The topological polar surface area (TPSA) is 66.6 Å². The number of rotatable bonds is 4. The number of amides is 1. The van der Waals surface area contributed by atoms with Gasteiger partial charge in [-0.05, 0) is 39.0 Å². The molecule has 0 aliphatic rings. The van der Waals surface area contributed by atoms with E-state index in [2.05, 4.69) is 0 Å². The number of fused-ring (bicyclic) bond motifs is 1. The SMILES string of the molecule is CCN(CC(C)(C)O)C(=O)c1sc2ccc(F)cc2c1N. The second kappa shape index (κ2) is 5.61. The lowest BCUT2D eigenvalue weighted by atomic mass is 10.1. The molecule has 1 amide bonds. The van der Waals surface area contributed by atoms with Crippen LogP contribution >= 0.6 is 11.3 Å². The van der Waals surface area contributed by atoms with E-state index in [9.17, 15) is 14.3 Å². The smallest absolute Gasteiger partial charge is 0.266 e. The molecule has 0 atom stereocenters. The van der Waals surface area contributed by atoms with Crippen molar-refractivity contribution in [3.8, 4) is 0 Å². The molecule has 0 aliphatic carbocycles. The molecule has 0 spiro atoms. The zero-order valence-electron chi connectivity index (χ0n) is 12.3. The van der Waals surface area contributed by atoms with E-state index in [1.807, 2.05) is 6.92 Å². The van der Waals surface area contributed by atoms with Crippen LogP contribution in [0, 0.1) is 5.82 Å². The summed E-state index contributed by atoms with van der Waals surface area (Å²) in [6, 6.07) is 4.31. The highest BCUT2D eigenvalue weighted by Gasteiger charge is 2.25. The number of nitrogens with zero attached hydrogens (tertiary/aromatic N) is 1. The quantitative estimate of drug-likeness (QED) is 0.912. The Morgan fingerprint density at radius 3 is 2.71 bits per heavy atom. The fraction of sp³-hybridized carbons (Fsp3) is 0.400. The molecule has 0 saturated heterocycles. The first-order valence-electron chi connectivity index (χ1n) is 6.72. The zero-order chi connectivity index (χ0) is 15.8. The van der Waals surface area contributed by atoms with Gasteiger partial charge in [0, 0.05) is 23.2 Å². The molecule has 0 saturated carbocycles. The highest BCUT2D eigenvalue weighted by Crippen LogP contribution is 2.35. The molecule has 2 aromatic rings. The highest BCUT2D eigenvalue weighted by atomic mass is 32.1. The average Bonchev–Trinajstić information content (AvgIpc) is 2.71. The van der Waals surface area contributed by atoms with Gasteiger partial charge in [0.25, 0.3) is 5.91 Å². The van der Waals surface area contributed by atoms with E-state index in [0.29, 0.717) is 22.5 Å². The van der Waals surface area contributed by atoms with E-state index in [0.717, 1.165) is 4.70 Å². The van der Waals surface area contributed by atoms with Crippen molar-refractivity contribution >= 4 is 33.0 Å². The van der Waals surface area contributed by atoms with Crippen molar-refractivity contribution in [1.82, 2.24) is 4.90 Å². The molecule has 1 aromatic carbocycles. The predicted molar refractivity (Wildman–Crippen MR) is 84.1 cm³/mol. The van der Waals surface area contributed by atoms with Gasteiger partial charge < -0.3 is 15.7 Å². The molecule has 2 rings (SSSR count). The lowest BCUT2D eigenvalue weighted by Gasteiger charge is -2.27. The summed E-state index contributed by atoms with van der Waals surface area (Å²) >= 11 is 1.25. The number of benzene rings is 1. The monoisotopic (exact) mass is 310 g/mol. The van der Waals surface area contributed by atoms with Gasteiger partial charge in [0.05, 0.1) is 11.3 Å². The molecule has 21 heavy (non-hydrogen) atoms. The third-order valence-corrected chi connectivity index (χ3v) is 4.30. The molecule has 0 aliphatic heterocycles. The van der Waals surface area contributed by atoms with Crippen molar-refractivity contribution in [3.63, 3.8) is 0 Å². The minimum Gasteiger partial charge on any atom is -0.397 e. The third kappa shape index (κ3) is 3.33. The van der Waals surface area contributed by atoms with Crippen LogP contribution in [-0.4, -0.2) is 34.6 Å². The lowest BCUT2D eigenvalue weighted by Crippen LogP contribution is -2.42. The number of aliphatic hydroxyl groups is 1. The van der Waals surface area contributed by atoms with Crippen molar-refractivity contribution in [1.29, 1.82) is 0 Å². The molecule has 6 heteroatoms. The van der Waals surface area contributed by atoms with Gasteiger partial charge in [-0.2, -0.15) is 0 Å². The Morgan fingerprint density at radius 2 is 2.14 bits per heavy atom. The number of carbonyl (C=O) groups excluding carboxylic acids is 1. The van der Waals surface area contributed by atoms with Crippen LogP contribution in [0.25, 0.3) is 10.1 Å². The Balaban J connectivity index is 2.40. The molecular formula is C15H19FN2O2S. The number of anilines is 1. The van der Waals surface area contributed by atoms with Gasteiger partial charge in [0.2, 0.25) is 0 Å². The zero-order valence-corrected chi connectivity index (χ0v) is 13.1. The summed E-state index contributed by atoms with van der Waals surface area (Å²) in [4.78, 5) is 14.5. The van der Waals surface area contributed by atoms with Gasteiger partial charge in [-0.15, -0.1) is 11.3 Å². The maximum atomic E-state index is 13.3. The van der Waals surface area contributed by atoms with Gasteiger partial charge in [0.1, 0.15) is 10.7 Å². The Kier molecular flexibility index (Phi) is 4.20. The van der Waals surface area contributed by atoms with Gasteiger partial charge in [0.15, 0.2) is 0 Å². The number of likely N-dealkylation sites (N-methyl/N-ethyl adjacent to an activating group) is 1. The van der Waals surface area contributed by atoms with Gasteiger partial charge >= 0.3 is 0 Å². The van der Waals surface area contributed by atoms with Crippen molar-refractivity contribution in [3.05, 3.63) is 28.9 Å². The first-order valence-corrected chi connectivity index (χ1v) is 7.53. The summed E-state index contributed by atoms with van der Waals surface area (Å²) in [5.74, 6) is -0.617. The van der Waals surface area contributed by atoms with Crippen LogP contribution < -0.4 is 5.73 Å². The molecule has 0 radical (unpaired) electrons. The van der Waals surface area contributed by atoms with Gasteiger partial charge in [-0.1, -0.05) is 0 Å². The van der Waals surface area contributed by atoms with Crippen LogP contribution in [-0.2, 0) is 0 Å². The maximum Gasteiger partial charge on any atom is 0.266 e. The molecule has 0 fully saturated rings. The molecule has 3 N–H and O–H groups in total. The normalized spacial score (nSPS) is 11.9. The number of hydrogen-bond donors (Lipinski definition) is 2. The molecule has 114 valence electrons. The number of thiophene rings is 1. The maximum absolute atomic E-state index is 13.3. The Labute approximate surface area is 127 Å². The summed E-state index contributed by atoms with van der Waals surface area (Å²) in [6.45, 7) is 5.81. The minimum absolute atomic E-state index is 0.213. The minimum atomic E-state index is -0.983. The van der Waals surface area contributed by atoms with E-state index in [4.69, 9.17) is 5.73 Å². The summed E-state index contributed by atoms with van der Waals surface area (Å²) in [6.07, 6.45) is 0. The van der Waals surface area contributed by atoms with Crippen LogP contribution in [0.4, 0.5) is 10.1 Å². The molecule has 4 nitrogen and oxygen atoms in total. The first-order chi connectivity index (χ1) is 9.73. The van der Waals surface area contributed by atoms with Crippen molar-refractivity contribution in [2.24, 2.45) is 0 Å². The Morgan fingerprint density at radius 1 is 1.48 bits per heavy atom. The summed E-state index contributed by atoms with van der Waals surface area (Å²) in [5.41, 5.74) is 5.32. The number of hydrogen-bond acceptors (Lipinski definition) is 4. The fourth-order valence-electron chi connectivity index (χ4n) is 2.19. The van der Waals surface area contributed by atoms with Crippen LogP contribution in [0.15, 0.2) is 18.2 Å². The van der Waals surface area contributed by atoms with Gasteiger partial charge in [-0.3, -0.25) is 4.79 Å². The standard InChI is InChI=1S/C15H19FN2O2S/c1-4-18(8-15(2,3)20)14(19)13-12(17)10-7-9(16)5-6-11(10)21-13/h5-7,20H,4,8,17H2,1-3H3.